The summed E-state index contributed by atoms with van der Waals surface area (Å²) in [4.78, 5) is 15.9. The van der Waals surface area contributed by atoms with Crippen LogP contribution in [0.1, 0.15) is 10.4 Å². The average Bonchev–Trinajstić information content (AvgIpc) is 2.42. The van der Waals surface area contributed by atoms with Gasteiger partial charge in [0.1, 0.15) is 17.3 Å². The van der Waals surface area contributed by atoms with Gasteiger partial charge in [-0.3, -0.25) is 4.79 Å². The Balaban J connectivity index is 2.22. The summed E-state index contributed by atoms with van der Waals surface area (Å²) in [6.07, 6.45) is 1.42. The average molecular weight is 279 g/mol. The van der Waals surface area contributed by atoms with Crippen LogP contribution in [0.4, 0.5) is 5.82 Å². The van der Waals surface area contributed by atoms with Crippen molar-refractivity contribution in [1.82, 2.24) is 4.98 Å². The van der Waals surface area contributed by atoms with Crippen LogP contribution in [0.25, 0.3) is 0 Å². The molecular formula is C13H11ClN2O3. The minimum Gasteiger partial charge on any atom is -0.507 e. The lowest BCUT2D eigenvalue weighted by atomic mass is 10.1. The first-order valence-electron chi connectivity index (χ1n) is 5.40. The number of amides is 1. The lowest BCUT2D eigenvalue weighted by Gasteiger charge is -2.08. The number of hydrogen-bond donors (Lipinski definition) is 2. The van der Waals surface area contributed by atoms with Crippen molar-refractivity contribution in [2.75, 3.05) is 12.4 Å². The van der Waals surface area contributed by atoms with Crippen molar-refractivity contribution in [3.63, 3.8) is 0 Å². The molecule has 0 saturated heterocycles. The number of pyridine rings is 1. The van der Waals surface area contributed by atoms with Gasteiger partial charge in [0.25, 0.3) is 5.91 Å². The highest BCUT2D eigenvalue weighted by Gasteiger charge is 2.13. The fourth-order valence-corrected chi connectivity index (χ4v) is 1.57. The van der Waals surface area contributed by atoms with Crippen LogP contribution in [-0.2, 0) is 0 Å². The summed E-state index contributed by atoms with van der Waals surface area (Å²) in [7, 11) is 1.48. The Labute approximate surface area is 114 Å². The van der Waals surface area contributed by atoms with Crippen LogP contribution in [0.3, 0.4) is 0 Å². The Bertz CT molecular complexity index is 599. The Kier molecular flexibility index (Phi) is 3.87. The molecule has 1 heterocycles. The second-order valence-corrected chi connectivity index (χ2v) is 4.14. The molecule has 0 radical (unpaired) electrons. The zero-order chi connectivity index (χ0) is 13.8. The molecule has 2 aromatic rings. The monoisotopic (exact) mass is 278 g/mol. The molecule has 6 heteroatoms. The van der Waals surface area contributed by atoms with Gasteiger partial charge in [0.2, 0.25) is 0 Å². The van der Waals surface area contributed by atoms with E-state index in [4.69, 9.17) is 16.3 Å². The third-order valence-electron chi connectivity index (χ3n) is 2.42. The molecule has 5 nitrogen and oxygen atoms in total. The zero-order valence-corrected chi connectivity index (χ0v) is 10.8. The molecule has 0 bridgehead atoms. The van der Waals surface area contributed by atoms with E-state index in [-0.39, 0.29) is 11.3 Å². The van der Waals surface area contributed by atoms with E-state index in [2.05, 4.69) is 10.3 Å². The number of ether oxygens (including phenoxy) is 1. The number of methoxy groups -OCH3 is 1. The number of benzene rings is 1. The second kappa shape index (κ2) is 5.58. The SMILES string of the molecule is COc1ccc(O)c(C(=O)Nc2ccc(Cl)cn2)c1. The Hall–Kier alpha value is -2.27. The number of aromatic hydroxyl groups is 1. The van der Waals surface area contributed by atoms with Crippen LogP contribution in [0.15, 0.2) is 36.5 Å². The normalized spacial score (nSPS) is 10.0. The molecule has 98 valence electrons. The molecule has 0 saturated carbocycles. The smallest absolute Gasteiger partial charge is 0.260 e. The summed E-state index contributed by atoms with van der Waals surface area (Å²) in [6.45, 7) is 0. The molecule has 0 atom stereocenters. The molecule has 0 aliphatic heterocycles. The summed E-state index contributed by atoms with van der Waals surface area (Å²) in [5.74, 6) is 0.210. The Morgan fingerprint density at radius 3 is 2.79 bits per heavy atom. The van der Waals surface area contributed by atoms with Gasteiger partial charge >= 0.3 is 0 Å². The Morgan fingerprint density at radius 2 is 2.16 bits per heavy atom. The minimum absolute atomic E-state index is 0.108. The fourth-order valence-electron chi connectivity index (χ4n) is 1.46. The third kappa shape index (κ3) is 3.14. The number of anilines is 1. The molecule has 2 rings (SSSR count). The van der Waals surface area contributed by atoms with Crippen molar-refractivity contribution < 1.29 is 14.6 Å². The van der Waals surface area contributed by atoms with Gasteiger partial charge in [-0.25, -0.2) is 4.98 Å². The van der Waals surface area contributed by atoms with E-state index in [1.54, 1.807) is 18.2 Å². The van der Waals surface area contributed by atoms with Crippen molar-refractivity contribution in [1.29, 1.82) is 0 Å². The lowest BCUT2D eigenvalue weighted by molar-refractivity contribution is 0.102. The number of carbonyl (C=O) groups excluding carboxylic acids is 1. The van der Waals surface area contributed by atoms with Crippen LogP contribution >= 0.6 is 11.6 Å². The number of nitrogens with zero attached hydrogens (tertiary/aromatic N) is 1. The number of rotatable bonds is 3. The van der Waals surface area contributed by atoms with Crippen molar-refractivity contribution in [2.45, 2.75) is 0 Å². The van der Waals surface area contributed by atoms with Gasteiger partial charge in [-0.15, -0.1) is 0 Å². The second-order valence-electron chi connectivity index (χ2n) is 3.70. The highest BCUT2D eigenvalue weighted by atomic mass is 35.5. The molecule has 0 aliphatic carbocycles. The van der Waals surface area contributed by atoms with E-state index in [1.807, 2.05) is 0 Å². The molecule has 2 N–H and O–H groups in total. The number of carbonyl (C=O) groups is 1. The first-order valence-corrected chi connectivity index (χ1v) is 5.78. The number of hydrogen-bond acceptors (Lipinski definition) is 4. The van der Waals surface area contributed by atoms with Gasteiger partial charge in [-0.05, 0) is 30.3 Å². The molecule has 19 heavy (non-hydrogen) atoms. The molecular weight excluding hydrogens is 268 g/mol. The molecule has 0 unspecified atom stereocenters. The van der Waals surface area contributed by atoms with Crippen LogP contribution in [0.5, 0.6) is 11.5 Å². The van der Waals surface area contributed by atoms with E-state index in [1.165, 1.54) is 25.4 Å². The highest BCUT2D eigenvalue weighted by molar-refractivity contribution is 6.30. The zero-order valence-electron chi connectivity index (χ0n) is 10.1. The van der Waals surface area contributed by atoms with Crippen molar-refractivity contribution in [3.8, 4) is 11.5 Å². The van der Waals surface area contributed by atoms with Crippen LogP contribution in [0, 0.1) is 0 Å². The van der Waals surface area contributed by atoms with Crippen molar-refractivity contribution in [2.24, 2.45) is 0 Å². The molecule has 0 aliphatic rings. The quantitative estimate of drug-likeness (QED) is 0.905. The summed E-state index contributed by atoms with van der Waals surface area (Å²) in [5.41, 5.74) is 0.108. The van der Waals surface area contributed by atoms with Gasteiger partial charge in [0, 0.05) is 6.20 Å². The molecule has 1 aromatic heterocycles. The molecule has 1 amide bonds. The number of nitrogens with one attached hydrogen (secondary N) is 1. The van der Waals surface area contributed by atoms with Gasteiger partial charge in [0.05, 0.1) is 17.7 Å². The maximum atomic E-state index is 12.0. The standard InChI is InChI=1S/C13H11ClN2O3/c1-19-9-3-4-11(17)10(6-9)13(18)16-12-5-2-8(14)7-15-12/h2-7,17H,1H3,(H,15,16,18). The van der Waals surface area contributed by atoms with Gasteiger partial charge in [-0.2, -0.15) is 0 Å². The van der Waals surface area contributed by atoms with E-state index in [0.717, 1.165) is 0 Å². The van der Waals surface area contributed by atoms with E-state index >= 15 is 0 Å². The summed E-state index contributed by atoms with van der Waals surface area (Å²) in [5, 5.41) is 12.7. The molecule has 1 aromatic carbocycles. The number of phenols is 1. The number of aromatic nitrogens is 1. The highest BCUT2D eigenvalue weighted by Crippen LogP contribution is 2.23. The van der Waals surface area contributed by atoms with E-state index in [9.17, 15) is 9.90 Å². The Morgan fingerprint density at radius 1 is 1.37 bits per heavy atom. The van der Waals surface area contributed by atoms with E-state index in [0.29, 0.717) is 16.6 Å². The van der Waals surface area contributed by atoms with Crippen molar-refractivity contribution >= 4 is 23.3 Å². The van der Waals surface area contributed by atoms with Gasteiger partial charge < -0.3 is 15.2 Å². The van der Waals surface area contributed by atoms with Crippen LogP contribution in [0.2, 0.25) is 5.02 Å². The largest absolute Gasteiger partial charge is 0.507 e. The maximum Gasteiger partial charge on any atom is 0.260 e. The summed E-state index contributed by atoms with van der Waals surface area (Å²) < 4.78 is 5.00. The fraction of sp³-hybridized carbons (Fsp3) is 0.0769. The van der Waals surface area contributed by atoms with Gasteiger partial charge in [-0.1, -0.05) is 11.6 Å². The van der Waals surface area contributed by atoms with Crippen molar-refractivity contribution in [3.05, 3.63) is 47.1 Å². The van der Waals surface area contributed by atoms with Gasteiger partial charge in [0.15, 0.2) is 0 Å². The third-order valence-corrected chi connectivity index (χ3v) is 2.64. The minimum atomic E-state index is -0.480. The number of phenolic OH excluding ortho intramolecular Hbond substituents is 1. The first kappa shape index (κ1) is 13.2. The number of halogens is 1. The topological polar surface area (TPSA) is 71.5 Å². The predicted molar refractivity (Wildman–Crippen MR) is 71.9 cm³/mol. The predicted octanol–water partition coefficient (Wildman–Crippen LogP) is 2.70. The first-order chi connectivity index (χ1) is 9.10. The summed E-state index contributed by atoms with van der Waals surface area (Å²) >= 11 is 5.70. The summed E-state index contributed by atoms with van der Waals surface area (Å²) in [6, 6.07) is 7.57. The molecule has 0 fully saturated rings. The molecule has 0 spiro atoms. The lowest BCUT2D eigenvalue weighted by Crippen LogP contribution is -2.13. The maximum absolute atomic E-state index is 12.0. The van der Waals surface area contributed by atoms with E-state index < -0.39 is 5.91 Å². The van der Waals surface area contributed by atoms with Crippen LogP contribution in [-0.4, -0.2) is 23.1 Å². The van der Waals surface area contributed by atoms with Crippen LogP contribution < -0.4 is 10.1 Å².